The third-order valence-electron chi connectivity index (χ3n) is 4.41. The summed E-state index contributed by atoms with van der Waals surface area (Å²) in [5.74, 6) is -0.395. The van der Waals surface area contributed by atoms with Crippen LogP contribution in [0.25, 0.3) is 0 Å². The van der Waals surface area contributed by atoms with Crippen LogP contribution in [-0.4, -0.2) is 43.7 Å². The van der Waals surface area contributed by atoms with Gasteiger partial charge in [-0.2, -0.15) is 0 Å². The zero-order chi connectivity index (χ0) is 18.9. The number of carbonyl (C=O) groups is 2. The van der Waals surface area contributed by atoms with Crippen molar-refractivity contribution in [1.29, 1.82) is 0 Å². The summed E-state index contributed by atoms with van der Waals surface area (Å²) in [4.78, 5) is 25.3. The van der Waals surface area contributed by atoms with Gasteiger partial charge < -0.3 is 20.7 Å². The summed E-state index contributed by atoms with van der Waals surface area (Å²) in [5, 5.41) is 9.02. The first-order valence-corrected chi connectivity index (χ1v) is 9.21. The monoisotopic (exact) mass is 403 g/mol. The molecule has 1 heterocycles. The lowest BCUT2D eigenvalue weighted by molar-refractivity contribution is -0.127. The van der Waals surface area contributed by atoms with Gasteiger partial charge in [-0.05, 0) is 17.7 Å². The number of halogens is 1. The van der Waals surface area contributed by atoms with E-state index in [1.54, 1.807) is 0 Å². The zero-order valence-electron chi connectivity index (χ0n) is 15.6. The Morgan fingerprint density at radius 1 is 1.07 bits per heavy atom. The second kappa shape index (κ2) is 11.4. The molecule has 0 spiro atoms. The molecule has 28 heavy (non-hydrogen) atoms. The highest BCUT2D eigenvalue weighted by molar-refractivity contribution is 5.97. The first-order chi connectivity index (χ1) is 13.2. The van der Waals surface area contributed by atoms with Gasteiger partial charge in [-0.3, -0.25) is 9.59 Å². The smallest absolute Gasteiger partial charge is 0.247 e. The molecule has 2 aromatic carbocycles. The Balaban J connectivity index is 0.00000280. The highest BCUT2D eigenvalue weighted by Crippen LogP contribution is 2.09. The molecular formula is C21H26ClN3O3. The van der Waals surface area contributed by atoms with Crippen LogP contribution in [0.1, 0.15) is 12.0 Å². The molecule has 1 aliphatic rings. The van der Waals surface area contributed by atoms with Crippen LogP contribution in [-0.2, 0) is 20.7 Å². The zero-order valence-corrected chi connectivity index (χ0v) is 16.4. The van der Waals surface area contributed by atoms with Crippen molar-refractivity contribution < 1.29 is 14.3 Å². The highest BCUT2D eigenvalue weighted by atomic mass is 35.5. The number of benzene rings is 2. The summed E-state index contributed by atoms with van der Waals surface area (Å²) in [5.41, 5.74) is 1.70. The average Bonchev–Trinajstić information content (AvgIpc) is 2.70. The average molecular weight is 404 g/mol. The maximum absolute atomic E-state index is 12.8. The lowest BCUT2D eigenvalue weighted by Crippen LogP contribution is -2.49. The number of amides is 2. The van der Waals surface area contributed by atoms with Gasteiger partial charge in [0.15, 0.2) is 0 Å². The Labute approximate surface area is 171 Å². The largest absolute Gasteiger partial charge is 0.378 e. The van der Waals surface area contributed by atoms with Crippen molar-refractivity contribution in [3.63, 3.8) is 0 Å². The summed E-state index contributed by atoms with van der Waals surface area (Å²) in [6.45, 7) is 1.90. The predicted octanol–water partition coefficient (Wildman–Crippen LogP) is 2.15. The van der Waals surface area contributed by atoms with Crippen LogP contribution in [0, 0.1) is 0 Å². The fourth-order valence-corrected chi connectivity index (χ4v) is 3.04. The molecule has 2 aromatic rings. The van der Waals surface area contributed by atoms with Gasteiger partial charge in [0, 0.05) is 31.1 Å². The molecule has 7 heteroatoms. The Morgan fingerprint density at radius 3 is 2.39 bits per heavy atom. The van der Waals surface area contributed by atoms with E-state index in [0.29, 0.717) is 25.3 Å². The Morgan fingerprint density at radius 2 is 1.75 bits per heavy atom. The lowest BCUT2D eigenvalue weighted by Gasteiger charge is -2.24. The summed E-state index contributed by atoms with van der Waals surface area (Å²) < 4.78 is 5.39. The first-order valence-electron chi connectivity index (χ1n) is 9.21. The molecule has 0 saturated carbocycles. The van der Waals surface area contributed by atoms with E-state index in [2.05, 4.69) is 16.0 Å². The van der Waals surface area contributed by atoms with Crippen molar-refractivity contribution in [2.24, 2.45) is 0 Å². The number of morpholine rings is 1. The molecule has 1 aliphatic heterocycles. The maximum Gasteiger partial charge on any atom is 0.247 e. The summed E-state index contributed by atoms with van der Waals surface area (Å²) in [6.07, 6.45) is 0.712. The fraction of sp³-hybridized carbons (Fsp3) is 0.333. The number of nitrogens with one attached hydrogen (secondary N) is 3. The van der Waals surface area contributed by atoms with E-state index in [9.17, 15) is 9.59 Å². The van der Waals surface area contributed by atoms with Gasteiger partial charge in [0.25, 0.3) is 0 Å². The second-order valence-electron chi connectivity index (χ2n) is 6.60. The van der Waals surface area contributed by atoms with Crippen LogP contribution in [0.2, 0.25) is 0 Å². The van der Waals surface area contributed by atoms with Crippen molar-refractivity contribution >= 4 is 29.9 Å². The molecule has 0 bridgehead atoms. The topological polar surface area (TPSA) is 79.5 Å². The molecule has 0 aromatic heterocycles. The van der Waals surface area contributed by atoms with Crippen molar-refractivity contribution in [3.8, 4) is 0 Å². The van der Waals surface area contributed by atoms with Gasteiger partial charge in [0.05, 0.1) is 13.2 Å². The van der Waals surface area contributed by atoms with Crippen LogP contribution in [0.15, 0.2) is 60.7 Å². The summed E-state index contributed by atoms with van der Waals surface area (Å²) in [6, 6.07) is 18.2. The number of hydrogen-bond donors (Lipinski definition) is 3. The van der Waals surface area contributed by atoms with Gasteiger partial charge in [-0.25, -0.2) is 0 Å². The van der Waals surface area contributed by atoms with E-state index in [-0.39, 0.29) is 36.7 Å². The molecule has 1 fully saturated rings. The van der Waals surface area contributed by atoms with E-state index in [4.69, 9.17) is 4.74 Å². The van der Waals surface area contributed by atoms with E-state index >= 15 is 0 Å². The molecule has 3 rings (SSSR count). The lowest BCUT2D eigenvalue weighted by atomic mass is 10.0. The number of hydrogen-bond acceptors (Lipinski definition) is 4. The molecule has 2 amide bonds. The quantitative estimate of drug-likeness (QED) is 0.661. The van der Waals surface area contributed by atoms with Gasteiger partial charge >= 0.3 is 0 Å². The van der Waals surface area contributed by atoms with E-state index < -0.39 is 6.04 Å². The minimum atomic E-state index is -0.649. The SMILES string of the molecule is Cl.O=C(CC1COCCN1)NC(Cc1ccccc1)C(=O)Nc1ccccc1. The minimum Gasteiger partial charge on any atom is -0.378 e. The van der Waals surface area contributed by atoms with Crippen LogP contribution in [0.5, 0.6) is 0 Å². The Kier molecular flexibility index (Phi) is 8.94. The van der Waals surface area contributed by atoms with Crippen LogP contribution in [0.3, 0.4) is 0 Å². The van der Waals surface area contributed by atoms with Gasteiger partial charge in [0.1, 0.15) is 6.04 Å². The van der Waals surface area contributed by atoms with Crippen molar-refractivity contribution in [1.82, 2.24) is 10.6 Å². The molecule has 0 radical (unpaired) electrons. The molecule has 3 N–H and O–H groups in total. The van der Waals surface area contributed by atoms with Gasteiger partial charge in [0.2, 0.25) is 11.8 Å². The van der Waals surface area contributed by atoms with Crippen molar-refractivity contribution in [2.45, 2.75) is 24.9 Å². The highest BCUT2D eigenvalue weighted by Gasteiger charge is 2.24. The molecule has 2 unspecified atom stereocenters. The number of carbonyl (C=O) groups excluding carboxylic acids is 2. The molecule has 1 saturated heterocycles. The third kappa shape index (κ3) is 6.96. The molecule has 2 atom stereocenters. The predicted molar refractivity (Wildman–Crippen MR) is 112 cm³/mol. The molecule has 6 nitrogen and oxygen atoms in total. The Hall–Kier alpha value is -2.41. The van der Waals surface area contributed by atoms with E-state index in [0.717, 1.165) is 12.1 Å². The van der Waals surface area contributed by atoms with Crippen molar-refractivity contribution in [3.05, 3.63) is 66.2 Å². The second-order valence-corrected chi connectivity index (χ2v) is 6.60. The van der Waals surface area contributed by atoms with Gasteiger partial charge in [-0.15, -0.1) is 12.4 Å². The molecule has 150 valence electrons. The maximum atomic E-state index is 12.8. The summed E-state index contributed by atoms with van der Waals surface area (Å²) >= 11 is 0. The number of anilines is 1. The number of rotatable bonds is 7. The minimum absolute atomic E-state index is 0. The number of para-hydroxylation sites is 1. The van der Waals surface area contributed by atoms with Crippen LogP contribution in [0.4, 0.5) is 5.69 Å². The normalized spacial score (nSPS) is 17.1. The molecule has 0 aliphatic carbocycles. The van der Waals surface area contributed by atoms with Crippen LogP contribution >= 0.6 is 12.4 Å². The Bertz CT molecular complexity index is 737. The van der Waals surface area contributed by atoms with E-state index in [1.807, 2.05) is 60.7 Å². The van der Waals surface area contributed by atoms with E-state index in [1.165, 1.54) is 0 Å². The van der Waals surface area contributed by atoms with Crippen LogP contribution < -0.4 is 16.0 Å². The molecular weight excluding hydrogens is 378 g/mol. The summed E-state index contributed by atoms with van der Waals surface area (Å²) in [7, 11) is 0. The standard InChI is InChI=1S/C21H25N3O3.ClH/c25-20(14-18-15-27-12-11-22-18)24-19(13-16-7-3-1-4-8-16)21(26)23-17-9-5-2-6-10-17;/h1-10,18-19,22H,11-15H2,(H,23,26)(H,24,25);1H. The van der Waals surface area contributed by atoms with Gasteiger partial charge in [-0.1, -0.05) is 48.5 Å². The van der Waals surface area contributed by atoms with Crippen molar-refractivity contribution in [2.75, 3.05) is 25.1 Å². The fourth-order valence-electron chi connectivity index (χ4n) is 3.04. The third-order valence-corrected chi connectivity index (χ3v) is 4.41. The first kappa shape index (κ1) is 21.9. The number of ether oxygens (including phenoxy) is 1.